The van der Waals surface area contributed by atoms with E-state index in [1.165, 1.54) is 25.7 Å². The summed E-state index contributed by atoms with van der Waals surface area (Å²) in [5, 5.41) is 2.81. The normalized spacial score (nSPS) is 28.6. The molecule has 3 atom stereocenters. The molecule has 2 aliphatic carbocycles. The van der Waals surface area contributed by atoms with Crippen LogP contribution in [0.5, 0.6) is 0 Å². The number of amides is 1. The zero-order valence-electron chi connectivity index (χ0n) is 10.7. The number of hydrogen-bond donors (Lipinski definition) is 1. The molecule has 3 unspecified atom stereocenters. The fourth-order valence-corrected chi connectivity index (χ4v) is 3.64. The first-order chi connectivity index (χ1) is 9.11. The maximum atomic E-state index is 13.0. The van der Waals surface area contributed by atoms with Gasteiger partial charge in [-0.05, 0) is 49.1 Å². The molecule has 0 spiro atoms. The van der Waals surface area contributed by atoms with Gasteiger partial charge in [-0.3, -0.25) is 4.79 Å². The van der Waals surface area contributed by atoms with Gasteiger partial charge in [0.2, 0.25) is 0 Å². The highest BCUT2D eigenvalue weighted by Crippen LogP contribution is 2.47. The zero-order valence-corrected chi connectivity index (χ0v) is 10.7. The summed E-state index contributed by atoms with van der Waals surface area (Å²) in [5.41, 5.74) is 0.0562. The molecule has 1 aromatic rings. The monoisotopic (exact) mass is 265 g/mol. The maximum absolute atomic E-state index is 13.0. The lowest BCUT2D eigenvalue weighted by Crippen LogP contribution is -2.31. The van der Waals surface area contributed by atoms with Gasteiger partial charge in [-0.1, -0.05) is 6.42 Å². The van der Waals surface area contributed by atoms with Crippen molar-refractivity contribution in [2.45, 2.75) is 25.7 Å². The summed E-state index contributed by atoms with van der Waals surface area (Å²) in [5.74, 6) is 0.283. The van der Waals surface area contributed by atoms with E-state index in [-0.39, 0.29) is 11.5 Å². The molecule has 2 aliphatic rings. The fourth-order valence-electron chi connectivity index (χ4n) is 3.64. The van der Waals surface area contributed by atoms with Gasteiger partial charge < -0.3 is 5.32 Å². The summed E-state index contributed by atoms with van der Waals surface area (Å²) < 4.78 is 26.1. The highest BCUT2D eigenvalue weighted by Gasteiger charge is 2.39. The highest BCUT2D eigenvalue weighted by molar-refractivity contribution is 5.94. The summed E-state index contributed by atoms with van der Waals surface area (Å²) in [6, 6.07) is 2.91. The van der Waals surface area contributed by atoms with E-state index in [1.54, 1.807) is 0 Å². The van der Waals surface area contributed by atoms with E-state index >= 15 is 0 Å². The van der Waals surface area contributed by atoms with Crippen molar-refractivity contribution in [3.63, 3.8) is 0 Å². The predicted molar refractivity (Wildman–Crippen MR) is 67.6 cm³/mol. The van der Waals surface area contributed by atoms with Gasteiger partial charge in [-0.25, -0.2) is 8.78 Å². The fraction of sp³-hybridized carbons (Fsp3) is 0.533. The van der Waals surface area contributed by atoms with Gasteiger partial charge in [0.1, 0.15) is 11.6 Å². The Bertz CT molecular complexity index is 483. The van der Waals surface area contributed by atoms with Crippen molar-refractivity contribution in [3.05, 3.63) is 35.4 Å². The van der Waals surface area contributed by atoms with Crippen molar-refractivity contribution in [3.8, 4) is 0 Å². The largest absolute Gasteiger partial charge is 0.352 e. The molecule has 1 aromatic carbocycles. The van der Waals surface area contributed by atoms with Crippen molar-refractivity contribution >= 4 is 5.91 Å². The molecule has 1 N–H and O–H groups in total. The molecule has 19 heavy (non-hydrogen) atoms. The summed E-state index contributed by atoms with van der Waals surface area (Å²) in [7, 11) is 0. The van der Waals surface area contributed by atoms with E-state index in [9.17, 15) is 13.6 Å². The Kier molecular flexibility index (Phi) is 3.25. The lowest BCUT2D eigenvalue weighted by Gasteiger charge is -2.21. The second-order valence-corrected chi connectivity index (χ2v) is 5.80. The molecular weight excluding hydrogens is 248 g/mol. The third-order valence-electron chi connectivity index (χ3n) is 4.53. The SMILES string of the molecule is O=C(NCC1CC2CCC1C2)c1cc(F)cc(F)c1. The number of hydrogen-bond acceptors (Lipinski definition) is 1. The predicted octanol–water partition coefficient (Wildman–Crippen LogP) is 3.13. The van der Waals surface area contributed by atoms with Crippen LogP contribution in [-0.4, -0.2) is 12.5 Å². The summed E-state index contributed by atoms with van der Waals surface area (Å²) in [6.07, 6.45) is 5.06. The molecule has 2 bridgehead atoms. The van der Waals surface area contributed by atoms with Crippen molar-refractivity contribution in [2.75, 3.05) is 6.54 Å². The second kappa shape index (κ2) is 4.91. The molecule has 2 fully saturated rings. The van der Waals surface area contributed by atoms with Crippen molar-refractivity contribution < 1.29 is 13.6 Å². The van der Waals surface area contributed by atoms with Gasteiger partial charge in [-0.2, -0.15) is 0 Å². The zero-order chi connectivity index (χ0) is 13.4. The van der Waals surface area contributed by atoms with Crippen LogP contribution in [0, 0.1) is 29.4 Å². The minimum atomic E-state index is -0.718. The molecule has 0 aromatic heterocycles. The van der Waals surface area contributed by atoms with Gasteiger partial charge in [-0.15, -0.1) is 0 Å². The molecular formula is C15H17F2NO. The molecule has 0 aliphatic heterocycles. The van der Waals surface area contributed by atoms with E-state index < -0.39 is 11.6 Å². The van der Waals surface area contributed by atoms with Crippen LogP contribution in [0.25, 0.3) is 0 Å². The highest BCUT2D eigenvalue weighted by atomic mass is 19.1. The van der Waals surface area contributed by atoms with Gasteiger partial charge >= 0.3 is 0 Å². The molecule has 2 nitrogen and oxygen atoms in total. The average molecular weight is 265 g/mol. The molecule has 4 heteroatoms. The van der Waals surface area contributed by atoms with E-state index in [0.717, 1.165) is 30.0 Å². The molecule has 3 rings (SSSR count). The second-order valence-electron chi connectivity index (χ2n) is 5.80. The Hall–Kier alpha value is -1.45. The first kappa shape index (κ1) is 12.6. The number of benzene rings is 1. The van der Waals surface area contributed by atoms with E-state index in [4.69, 9.17) is 0 Å². The number of carbonyl (C=O) groups excluding carboxylic acids is 1. The topological polar surface area (TPSA) is 29.1 Å². The minimum Gasteiger partial charge on any atom is -0.352 e. The number of nitrogens with one attached hydrogen (secondary N) is 1. The Morgan fingerprint density at radius 1 is 1.16 bits per heavy atom. The van der Waals surface area contributed by atoms with Crippen molar-refractivity contribution in [1.82, 2.24) is 5.32 Å². The lowest BCUT2D eigenvalue weighted by molar-refractivity contribution is 0.0941. The molecule has 0 radical (unpaired) electrons. The Labute approximate surface area is 111 Å². The van der Waals surface area contributed by atoms with Crippen LogP contribution >= 0.6 is 0 Å². The van der Waals surface area contributed by atoms with Crippen LogP contribution in [0.4, 0.5) is 8.78 Å². The standard InChI is InChI=1S/C15H17F2NO/c16-13-5-11(6-14(17)7-13)15(19)18-8-12-4-9-1-2-10(12)3-9/h5-7,9-10,12H,1-4,8H2,(H,18,19). The van der Waals surface area contributed by atoms with E-state index in [0.29, 0.717) is 12.5 Å². The van der Waals surface area contributed by atoms with Crippen molar-refractivity contribution in [1.29, 1.82) is 0 Å². The molecule has 2 saturated carbocycles. The minimum absolute atomic E-state index is 0.0562. The lowest BCUT2D eigenvalue weighted by atomic mass is 9.89. The van der Waals surface area contributed by atoms with Crippen LogP contribution in [0.1, 0.15) is 36.0 Å². The first-order valence-electron chi connectivity index (χ1n) is 6.86. The molecule has 1 amide bonds. The molecule has 102 valence electrons. The quantitative estimate of drug-likeness (QED) is 0.893. The Balaban J connectivity index is 1.59. The number of carbonyl (C=O) groups is 1. The van der Waals surface area contributed by atoms with Crippen molar-refractivity contribution in [2.24, 2.45) is 17.8 Å². The summed E-state index contributed by atoms with van der Waals surface area (Å²) in [4.78, 5) is 11.9. The summed E-state index contributed by atoms with van der Waals surface area (Å²) >= 11 is 0. The van der Waals surface area contributed by atoms with Gasteiger partial charge in [0, 0.05) is 18.2 Å². The number of fused-ring (bicyclic) bond motifs is 2. The van der Waals surface area contributed by atoms with E-state index in [2.05, 4.69) is 5.32 Å². The van der Waals surface area contributed by atoms with Crippen LogP contribution in [0.15, 0.2) is 18.2 Å². The Morgan fingerprint density at radius 2 is 1.89 bits per heavy atom. The third kappa shape index (κ3) is 2.62. The van der Waals surface area contributed by atoms with Gasteiger partial charge in [0.15, 0.2) is 0 Å². The maximum Gasteiger partial charge on any atom is 0.251 e. The van der Waals surface area contributed by atoms with Crippen LogP contribution in [0.2, 0.25) is 0 Å². The smallest absolute Gasteiger partial charge is 0.251 e. The van der Waals surface area contributed by atoms with Gasteiger partial charge in [0.05, 0.1) is 0 Å². The molecule has 0 saturated heterocycles. The summed E-state index contributed by atoms with van der Waals surface area (Å²) in [6.45, 7) is 0.623. The third-order valence-corrected chi connectivity index (χ3v) is 4.53. The van der Waals surface area contributed by atoms with Crippen LogP contribution in [-0.2, 0) is 0 Å². The average Bonchev–Trinajstić information content (AvgIpc) is 2.96. The number of rotatable bonds is 3. The molecule has 0 heterocycles. The van der Waals surface area contributed by atoms with Crippen LogP contribution in [0.3, 0.4) is 0 Å². The van der Waals surface area contributed by atoms with E-state index in [1.807, 2.05) is 0 Å². The first-order valence-corrected chi connectivity index (χ1v) is 6.86. The van der Waals surface area contributed by atoms with Crippen LogP contribution < -0.4 is 5.32 Å². The van der Waals surface area contributed by atoms with Gasteiger partial charge in [0.25, 0.3) is 5.91 Å². The number of halogens is 2. The Morgan fingerprint density at radius 3 is 2.47 bits per heavy atom.